The number of hydrogen-bond acceptors (Lipinski definition) is 5. The molecule has 1 atom stereocenters. The molecular weight excluding hydrogens is 380 g/mol. The first-order valence-electron chi connectivity index (χ1n) is 10.8. The molecule has 1 saturated heterocycles. The van der Waals surface area contributed by atoms with Crippen molar-refractivity contribution < 1.29 is 9.59 Å². The van der Waals surface area contributed by atoms with Gasteiger partial charge in [-0.1, -0.05) is 11.3 Å². The maximum atomic E-state index is 13.2. The molecule has 1 aromatic carbocycles. The minimum atomic E-state index is -0.154. The zero-order valence-corrected chi connectivity index (χ0v) is 17.8. The first-order valence-corrected chi connectivity index (χ1v) is 10.8. The molecule has 8 heteroatoms. The van der Waals surface area contributed by atoms with E-state index in [1.165, 1.54) is 0 Å². The molecule has 1 N–H and O–H groups in total. The second-order valence-electron chi connectivity index (χ2n) is 8.50. The fourth-order valence-electron chi connectivity index (χ4n) is 3.93. The van der Waals surface area contributed by atoms with Crippen molar-refractivity contribution in [2.45, 2.75) is 57.2 Å². The number of nitrogens with one attached hydrogen (secondary N) is 1. The van der Waals surface area contributed by atoms with E-state index in [0.717, 1.165) is 56.3 Å². The standard InChI is InChI=1S/C22H30N6O2/c1-26(2)19-8-5-6-16(14-19)22(30)28-12-4-3-7-18(28)11-13-27-15-20(24-25-27)21(29)23-17-9-10-17/h5-6,8,14-15,17-18H,3-4,7,9-13H2,1-2H3,(H,23,29). The first kappa shape index (κ1) is 20.4. The van der Waals surface area contributed by atoms with E-state index in [2.05, 4.69) is 15.6 Å². The number of hydrogen-bond donors (Lipinski definition) is 1. The average molecular weight is 411 g/mol. The molecule has 0 bridgehead atoms. The summed E-state index contributed by atoms with van der Waals surface area (Å²) in [4.78, 5) is 29.3. The predicted octanol–water partition coefficient (Wildman–Crippen LogP) is 2.32. The van der Waals surface area contributed by atoms with E-state index in [0.29, 0.717) is 18.3 Å². The van der Waals surface area contributed by atoms with E-state index >= 15 is 0 Å². The Balaban J connectivity index is 1.39. The van der Waals surface area contributed by atoms with Crippen LogP contribution in [0.3, 0.4) is 0 Å². The van der Waals surface area contributed by atoms with Gasteiger partial charge in [-0.15, -0.1) is 5.10 Å². The number of aromatic nitrogens is 3. The number of rotatable bonds is 7. The van der Waals surface area contributed by atoms with Gasteiger partial charge >= 0.3 is 0 Å². The summed E-state index contributed by atoms with van der Waals surface area (Å²) >= 11 is 0. The van der Waals surface area contributed by atoms with E-state index in [4.69, 9.17) is 0 Å². The fraction of sp³-hybridized carbons (Fsp3) is 0.545. The molecule has 2 amide bonds. The number of aryl methyl sites for hydroxylation is 1. The quantitative estimate of drug-likeness (QED) is 0.757. The van der Waals surface area contributed by atoms with Gasteiger partial charge in [0.25, 0.3) is 11.8 Å². The molecule has 1 aliphatic heterocycles. The molecule has 1 unspecified atom stereocenters. The van der Waals surface area contributed by atoms with Crippen LogP contribution in [0.1, 0.15) is 59.4 Å². The molecule has 1 saturated carbocycles. The Morgan fingerprint density at radius 1 is 1.20 bits per heavy atom. The maximum Gasteiger partial charge on any atom is 0.273 e. The highest BCUT2D eigenvalue weighted by Gasteiger charge is 2.28. The lowest BCUT2D eigenvalue weighted by Crippen LogP contribution is -2.44. The highest BCUT2D eigenvalue weighted by molar-refractivity contribution is 5.95. The van der Waals surface area contributed by atoms with E-state index in [1.54, 1.807) is 10.9 Å². The van der Waals surface area contributed by atoms with E-state index < -0.39 is 0 Å². The fourth-order valence-corrected chi connectivity index (χ4v) is 3.93. The summed E-state index contributed by atoms with van der Waals surface area (Å²) in [6, 6.07) is 8.26. The number of piperidine rings is 1. The zero-order valence-electron chi connectivity index (χ0n) is 17.8. The Morgan fingerprint density at radius 3 is 2.80 bits per heavy atom. The molecule has 2 aliphatic rings. The van der Waals surface area contributed by atoms with Crippen molar-refractivity contribution >= 4 is 17.5 Å². The Hall–Kier alpha value is -2.90. The minimum Gasteiger partial charge on any atom is -0.378 e. The van der Waals surface area contributed by atoms with E-state index in [9.17, 15) is 9.59 Å². The Morgan fingerprint density at radius 2 is 2.03 bits per heavy atom. The predicted molar refractivity (Wildman–Crippen MR) is 115 cm³/mol. The van der Waals surface area contributed by atoms with Crippen LogP contribution in [0.15, 0.2) is 30.5 Å². The van der Waals surface area contributed by atoms with Crippen LogP contribution in [0.4, 0.5) is 5.69 Å². The SMILES string of the molecule is CN(C)c1cccc(C(=O)N2CCCCC2CCn2cc(C(=O)NC3CC3)nn2)c1. The van der Waals surface area contributed by atoms with Crippen LogP contribution in [0.2, 0.25) is 0 Å². The monoisotopic (exact) mass is 410 g/mol. The summed E-state index contributed by atoms with van der Waals surface area (Å²) in [5.41, 5.74) is 2.11. The van der Waals surface area contributed by atoms with Gasteiger partial charge in [-0.25, -0.2) is 0 Å². The lowest BCUT2D eigenvalue weighted by atomic mass is 9.98. The highest BCUT2D eigenvalue weighted by atomic mass is 16.2. The van der Waals surface area contributed by atoms with Gasteiger partial charge in [-0.2, -0.15) is 0 Å². The lowest BCUT2D eigenvalue weighted by molar-refractivity contribution is 0.0593. The molecular formula is C22H30N6O2. The van der Waals surface area contributed by atoms with Gasteiger partial charge in [0.05, 0.1) is 6.20 Å². The van der Waals surface area contributed by atoms with Crippen LogP contribution in [-0.2, 0) is 6.54 Å². The van der Waals surface area contributed by atoms with Gasteiger partial charge in [0.2, 0.25) is 0 Å². The van der Waals surface area contributed by atoms with E-state index in [-0.39, 0.29) is 17.9 Å². The van der Waals surface area contributed by atoms with Gasteiger partial charge in [-0.05, 0) is 56.7 Å². The Kier molecular flexibility index (Phi) is 6.01. The third kappa shape index (κ3) is 4.80. The zero-order chi connectivity index (χ0) is 21.1. The van der Waals surface area contributed by atoms with Gasteiger partial charge < -0.3 is 15.1 Å². The molecule has 2 fully saturated rings. The number of amides is 2. The molecule has 0 radical (unpaired) electrons. The molecule has 8 nitrogen and oxygen atoms in total. The number of benzene rings is 1. The second kappa shape index (κ2) is 8.85. The van der Waals surface area contributed by atoms with Crippen LogP contribution in [0, 0.1) is 0 Å². The molecule has 0 spiro atoms. The van der Waals surface area contributed by atoms with Crippen molar-refractivity contribution in [2.24, 2.45) is 0 Å². The molecule has 30 heavy (non-hydrogen) atoms. The maximum absolute atomic E-state index is 13.2. The normalized spacial score (nSPS) is 18.9. The number of likely N-dealkylation sites (tertiary alicyclic amines) is 1. The molecule has 2 aromatic rings. The molecule has 2 heterocycles. The van der Waals surface area contributed by atoms with Crippen molar-refractivity contribution in [2.75, 3.05) is 25.5 Å². The van der Waals surface area contributed by atoms with Gasteiger partial charge in [-0.3, -0.25) is 14.3 Å². The second-order valence-corrected chi connectivity index (χ2v) is 8.50. The smallest absolute Gasteiger partial charge is 0.273 e. The van der Waals surface area contributed by atoms with Crippen molar-refractivity contribution in [1.29, 1.82) is 0 Å². The van der Waals surface area contributed by atoms with Crippen LogP contribution < -0.4 is 10.2 Å². The molecule has 1 aliphatic carbocycles. The van der Waals surface area contributed by atoms with Crippen LogP contribution >= 0.6 is 0 Å². The third-order valence-electron chi connectivity index (χ3n) is 5.87. The summed E-state index contributed by atoms with van der Waals surface area (Å²) in [6.07, 6.45) is 7.73. The van der Waals surface area contributed by atoms with E-state index in [1.807, 2.05) is 48.2 Å². The van der Waals surface area contributed by atoms with Crippen molar-refractivity contribution in [3.05, 3.63) is 41.7 Å². The Bertz CT molecular complexity index is 905. The summed E-state index contributed by atoms with van der Waals surface area (Å²) in [7, 11) is 3.95. The van der Waals surface area contributed by atoms with Gasteiger partial charge in [0.15, 0.2) is 5.69 Å². The molecule has 1 aromatic heterocycles. The highest BCUT2D eigenvalue weighted by Crippen LogP contribution is 2.24. The van der Waals surface area contributed by atoms with Crippen LogP contribution in [0.25, 0.3) is 0 Å². The van der Waals surface area contributed by atoms with Crippen molar-refractivity contribution in [3.63, 3.8) is 0 Å². The van der Waals surface area contributed by atoms with Crippen molar-refractivity contribution in [3.8, 4) is 0 Å². The average Bonchev–Trinajstić information content (AvgIpc) is 3.44. The number of carbonyl (C=O) groups is 2. The third-order valence-corrected chi connectivity index (χ3v) is 5.87. The summed E-state index contributed by atoms with van der Waals surface area (Å²) in [5.74, 6) is -0.0644. The van der Waals surface area contributed by atoms with Crippen LogP contribution in [0.5, 0.6) is 0 Å². The summed E-state index contributed by atoms with van der Waals surface area (Å²) < 4.78 is 1.71. The topological polar surface area (TPSA) is 83.4 Å². The largest absolute Gasteiger partial charge is 0.378 e. The number of carbonyl (C=O) groups excluding carboxylic acids is 2. The summed E-state index contributed by atoms with van der Waals surface area (Å²) in [6.45, 7) is 1.41. The van der Waals surface area contributed by atoms with Crippen LogP contribution in [-0.4, -0.2) is 64.4 Å². The van der Waals surface area contributed by atoms with Gasteiger partial charge in [0.1, 0.15) is 0 Å². The summed E-state index contributed by atoms with van der Waals surface area (Å²) in [5, 5.41) is 11.0. The number of nitrogens with zero attached hydrogens (tertiary/aromatic N) is 5. The number of anilines is 1. The van der Waals surface area contributed by atoms with Crippen molar-refractivity contribution in [1.82, 2.24) is 25.2 Å². The first-order chi connectivity index (χ1) is 14.5. The lowest BCUT2D eigenvalue weighted by Gasteiger charge is -2.36. The molecule has 160 valence electrons. The molecule has 4 rings (SSSR count). The van der Waals surface area contributed by atoms with Gasteiger partial charge in [0, 0.05) is 50.5 Å². The Labute approximate surface area is 177 Å². The minimum absolute atomic E-state index is 0.0893.